The number of carboxylic acids is 1. The number of aromatic nitrogens is 2. The Morgan fingerprint density at radius 1 is 1.15 bits per heavy atom. The predicted molar refractivity (Wildman–Crippen MR) is 150 cm³/mol. The van der Waals surface area contributed by atoms with Gasteiger partial charge < -0.3 is 20.6 Å². The lowest BCUT2D eigenvalue weighted by Gasteiger charge is -2.28. The van der Waals surface area contributed by atoms with E-state index in [0.29, 0.717) is 40.1 Å². The Morgan fingerprint density at radius 2 is 1.98 bits per heavy atom. The number of benzene rings is 2. The fourth-order valence-corrected chi connectivity index (χ4v) is 6.80. The molecule has 0 saturated carbocycles. The molecule has 11 heteroatoms. The topological polar surface area (TPSA) is 99.0 Å². The van der Waals surface area contributed by atoms with Crippen molar-refractivity contribution in [2.75, 3.05) is 32.7 Å². The van der Waals surface area contributed by atoms with Crippen LogP contribution in [0.3, 0.4) is 0 Å². The number of thiazole rings is 1. The van der Waals surface area contributed by atoms with E-state index in [9.17, 15) is 19.1 Å². The third kappa shape index (κ3) is 5.21. The van der Waals surface area contributed by atoms with Crippen LogP contribution in [0.25, 0.3) is 26.4 Å². The van der Waals surface area contributed by atoms with Crippen LogP contribution in [-0.4, -0.2) is 70.2 Å². The summed E-state index contributed by atoms with van der Waals surface area (Å²) in [7, 11) is 0. The molecule has 6 rings (SSSR count). The van der Waals surface area contributed by atoms with E-state index < -0.39 is 18.0 Å². The van der Waals surface area contributed by atoms with Crippen molar-refractivity contribution in [1.29, 1.82) is 0 Å². The first-order chi connectivity index (χ1) is 19.4. The molecular formula is C29H31F2N5O3S. The van der Waals surface area contributed by atoms with E-state index >= 15 is 4.39 Å². The van der Waals surface area contributed by atoms with E-state index in [0.717, 1.165) is 51.0 Å². The molecule has 1 atom stereocenters. The lowest BCUT2D eigenvalue weighted by Crippen LogP contribution is -2.36. The minimum absolute atomic E-state index is 0.0849. The van der Waals surface area contributed by atoms with E-state index in [-0.39, 0.29) is 28.9 Å². The van der Waals surface area contributed by atoms with Gasteiger partial charge >= 0.3 is 5.97 Å². The average Bonchev–Trinajstić information content (AvgIpc) is 3.67. The molecule has 2 aromatic heterocycles. The van der Waals surface area contributed by atoms with Gasteiger partial charge in [0.05, 0.1) is 10.2 Å². The zero-order valence-corrected chi connectivity index (χ0v) is 22.8. The van der Waals surface area contributed by atoms with Crippen LogP contribution < -0.4 is 10.6 Å². The number of alkyl halides is 1. The number of hydrogen-bond donors (Lipinski definition) is 3. The van der Waals surface area contributed by atoms with Gasteiger partial charge in [-0.25, -0.2) is 18.6 Å². The molecule has 4 aromatic rings. The monoisotopic (exact) mass is 567 g/mol. The second kappa shape index (κ2) is 11.2. The van der Waals surface area contributed by atoms with Gasteiger partial charge in [0.1, 0.15) is 17.7 Å². The van der Waals surface area contributed by atoms with E-state index in [4.69, 9.17) is 0 Å². The number of imidazole rings is 1. The molecule has 0 unspecified atom stereocenters. The Labute approximate surface area is 234 Å². The normalized spacial score (nSPS) is 18.6. The summed E-state index contributed by atoms with van der Waals surface area (Å²) in [5.74, 6) is -1.93. The first kappa shape index (κ1) is 26.8. The number of carbonyl (C=O) groups is 2. The van der Waals surface area contributed by atoms with Gasteiger partial charge in [-0.15, -0.1) is 0 Å². The van der Waals surface area contributed by atoms with Crippen LogP contribution in [0, 0.1) is 5.82 Å². The molecule has 3 N–H and O–H groups in total. The van der Waals surface area contributed by atoms with E-state index in [1.807, 2.05) is 6.07 Å². The third-order valence-electron chi connectivity index (χ3n) is 7.88. The molecule has 1 amide bonds. The van der Waals surface area contributed by atoms with Crippen molar-refractivity contribution in [3.05, 3.63) is 59.0 Å². The highest BCUT2D eigenvalue weighted by Crippen LogP contribution is 2.35. The number of fused-ring (bicyclic) bond motifs is 3. The van der Waals surface area contributed by atoms with E-state index in [2.05, 4.69) is 20.5 Å². The second-order valence-corrected chi connectivity index (χ2v) is 11.5. The highest BCUT2D eigenvalue weighted by Gasteiger charge is 2.26. The van der Waals surface area contributed by atoms with Gasteiger partial charge in [0.25, 0.3) is 5.91 Å². The fraction of sp³-hybridized carbons (Fsp3) is 0.414. The molecule has 0 bridgehead atoms. The number of carbonyl (C=O) groups excluding carboxylic acids is 1. The van der Waals surface area contributed by atoms with Crippen LogP contribution in [0.1, 0.15) is 64.6 Å². The Kier molecular flexibility index (Phi) is 7.52. The number of likely N-dealkylation sites (tertiary alicyclic amines) is 1. The number of halogens is 2. The van der Waals surface area contributed by atoms with Gasteiger partial charge in [0.15, 0.2) is 10.7 Å². The molecule has 2 aliphatic rings. The summed E-state index contributed by atoms with van der Waals surface area (Å²) >= 11 is 1.26. The Hall–Kier alpha value is -3.41. The summed E-state index contributed by atoms with van der Waals surface area (Å²) in [5.41, 5.74) is 2.02. The minimum atomic E-state index is -1.21. The SMILES string of the molecule is O=C(NCCCN1CCC(F)CC1)c1ccc2c(c1)sc1nc(-c3ccc([C@H]4CCCN4)cc3F)c(C(=O)O)n12. The van der Waals surface area contributed by atoms with Crippen LogP contribution in [0.5, 0.6) is 0 Å². The summed E-state index contributed by atoms with van der Waals surface area (Å²) in [6.45, 7) is 3.72. The third-order valence-corrected chi connectivity index (χ3v) is 8.88. The van der Waals surface area contributed by atoms with Crippen molar-refractivity contribution < 1.29 is 23.5 Å². The molecule has 4 heterocycles. The summed E-state index contributed by atoms with van der Waals surface area (Å²) in [4.78, 5) is 32.3. The van der Waals surface area contributed by atoms with Crippen LogP contribution in [0.15, 0.2) is 36.4 Å². The van der Waals surface area contributed by atoms with Gasteiger partial charge in [-0.05, 0) is 81.1 Å². The zero-order chi connectivity index (χ0) is 27.8. The quantitative estimate of drug-likeness (QED) is 0.258. The smallest absolute Gasteiger partial charge is 0.355 e. The summed E-state index contributed by atoms with van der Waals surface area (Å²) in [6, 6.07) is 10.1. The van der Waals surface area contributed by atoms with Gasteiger partial charge in [0, 0.05) is 36.8 Å². The molecule has 0 spiro atoms. The summed E-state index contributed by atoms with van der Waals surface area (Å²) in [5, 5.41) is 16.4. The van der Waals surface area contributed by atoms with Crippen molar-refractivity contribution in [2.24, 2.45) is 0 Å². The lowest BCUT2D eigenvalue weighted by molar-refractivity contribution is 0.0690. The van der Waals surface area contributed by atoms with E-state index in [1.165, 1.54) is 21.8 Å². The molecule has 0 radical (unpaired) electrons. The summed E-state index contributed by atoms with van der Waals surface area (Å²) < 4.78 is 30.8. The van der Waals surface area contributed by atoms with Crippen LogP contribution in [0.2, 0.25) is 0 Å². The molecule has 0 aliphatic carbocycles. The highest BCUT2D eigenvalue weighted by molar-refractivity contribution is 7.23. The molecule has 2 aliphatic heterocycles. The van der Waals surface area contributed by atoms with E-state index in [1.54, 1.807) is 24.3 Å². The Morgan fingerprint density at radius 3 is 2.70 bits per heavy atom. The number of carboxylic acid groups (broad SMARTS) is 1. The van der Waals surface area contributed by atoms with Crippen LogP contribution >= 0.6 is 11.3 Å². The average molecular weight is 568 g/mol. The minimum Gasteiger partial charge on any atom is -0.476 e. The number of nitrogens with one attached hydrogen (secondary N) is 2. The maximum atomic E-state index is 15.2. The fourth-order valence-electron chi connectivity index (χ4n) is 5.74. The number of hydrogen-bond acceptors (Lipinski definition) is 6. The maximum Gasteiger partial charge on any atom is 0.355 e. The highest BCUT2D eigenvalue weighted by atomic mass is 32.1. The zero-order valence-electron chi connectivity index (χ0n) is 22.0. The number of amides is 1. The van der Waals surface area contributed by atoms with Crippen molar-refractivity contribution in [2.45, 2.75) is 44.3 Å². The first-order valence-electron chi connectivity index (χ1n) is 13.7. The lowest BCUT2D eigenvalue weighted by atomic mass is 10.0. The molecule has 2 fully saturated rings. The van der Waals surface area contributed by atoms with Gasteiger partial charge in [0.2, 0.25) is 0 Å². The molecule has 210 valence electrons. The standard InChI is InChI=1S/C29H31F2N5O3S/c30-19-8-13-35(14-9-19)12-2-11-33-27(37)18-5-7-23-24(16-18)40-29-34-25(26(28(38)39)36(23)29)20-6-4-17(15-21(20)31)22-3-1-10-32-22/h4-7,15-16,19,22,32H,1-3,8-14H2,(H,33,37)(H,38,39)/t22-/m1/s1. The van der Waals surface area contributed by atoms with Crippen molar-refractivity contribution in [1.82, 2.24) is 24.9 Å². The number of piperidine rings is 1. The van der Waals surface area contributed by atoms with Crippen molar-refractivity contribution in [3.63, 3.8) is 0 Å². The number of aromatic carboxylic acids is 1. The van der Waals surface area contributed by atoms with Crippen LogP contribution in [-0.2, 0) is 0 Å². The first-order valence-corrected chi connectivity index (χ1v) is 14.6. The number of rotatable bonds is 8. The van der Waals surface area contributed by atoms with Gasteiger partial charge in [-0.3, -0.25) is 9.20 Å². The number of nitrogens with zero attached hydrogens (tertiary/aromatic N) is 3. The van der Waals surface area contributed by atoms with Gasteiger partial charge in [-0.2, -0.15) is 0 Å². The van der Waals surface area contributed by atoms with Gasteiger partial charge in [-0.1, -0.05) is 17.4 Å². The van der Waals surface area contributed by atoms with Crippen molar-refractivity contribution >= 4 is 38.4 Å². The molecule has 2 saturated heterocycles. The second-order valence-electron chi connectivity index (χ2n) is 10.5. The molecule has 8 nitrogen and oxygen atoms in total. The predicted octanol–water partition coefficient (Wildman–Crippen LogP) is 5.03. The van der Waals surface area contributed by atoms with Crippen LogP contribution in [0.4, 0.5) is 8.78 Å². The molecular weight excluding hydrogens is 536 g/mol. The largest absolute Gasteiger partial charge is 0.476 e. The molecule has 40 heavy (non-hydrogen) atoms. The summed E-state index contributed by atoms with van der Waals surface area (Å²) in [6.07, 6.45) is 3.19. The molecule has 2 aromatic carbocycles. The Bertz CT molecular complexity index is 1570. The Balaban J connectivity index is 1.21. The van der Waals surface area contributed by atoms with Crippen molar-refractivity contribution in [3.8, 4) is 11.3 Å². The maximum absolute atomic E-state index is 15.2.